The smallest absolute Gasteiger partial charge is 0.285 e. The highest BCUT2D eigenvalue weighted by Gasteiger charge is 2.26. The third-order valence-electron chi connectivity index (χ3n) is 5.81. The zero-order valence-corrected chi connectivity index (χ0v) is 22.4. The molecule has 3 aromatic rings. The second-order valence-electron chi connectivity index (χ2n) is 8.94. The normalized spacial score (nSPS) is 15.4. The Morgan fingerprint density at radius 1 is 1.22 bits per heavy atom. The van der Waals surface area contributed by atoms with Crippen molar-refractivity contribution >= 4 is 44.8 Å². The van der Waals surface area contributed by atoms with Gasteiger partial charge < -0.3 is 14.7 Å². The predicted octanol–water partition coefficient (Wildman–Crippen LogP) is 2.59. The van der Waals surface area contributed by atoms with Crippen LogP contribution in [0.5, 0.6) is 0 Å². The van der Waals surface area contributed by atoms with Gasteiger partial charge in [0.25, 0.3) is 11.8 Å². The van der Waals surface area contributed by atoms with Gasteiger partial charge in [-0.1, -0.05) is 16.8 Å². The molecule has 194 valence electrons. The lowest BCUT2D eigenvalue weighted by Gasteiger charge is -2.34. The topological polar surface area (TPSA) is 139 Å². The minimum atomic E-state index is -3.81. The standard InChI is InChI=1S/C22H27ClN6O5S2/c1-13(2)28-8-6-14(7-9-28)24-22(31)17-11-16(21(30)27-36(3,32)33)25-29(17)12-15-10-18(34-26-15)19-4-5-20(23)35-19/h4-5,10-11,13-14H,6-9,12H2,1-3H3,(H,24,31)(H,27,30). The first kappa shape index (κ1) is 26.3. The lowest BCUT2D eigenvalue weighted by molar-refractivity contribution is 0.0889. The second kappa shape index (κ2) is 10.7. The summed E-state index contributed by atoms with van der Waals surface area (Å²) in [6, 6.07) is 6.95. The van der Waals surface area contributed by atoms with Crippen molar-refractivity contribution in [3.63, 3.8) is 0 Å². The van der Waals surface area contributed by atoms with Crippen LogP contribution in [0, 0.1) is 0 Å². The summed E-state index contributed by atoms with van der Waals surface area (Å²) in [4.78, 5) is 28.8. The maximum atomic E-state index is 13.2. The Kier molecular flexibility index (Phi) is 7.83. The molecule has 14 heteroatoms. The van der Waals surface area contributed by atoms with Crippen LogP contribution in [0.3, 0.4) is 0 Å². The summed E-state index contributed by atoms with van der Waals surface area (Å²) in [5, 5.41) is 11.3. The Morgan fingerprint density at radius 3 is 2.56 bits per heavy atom. The number of piperidine rings is 1. The predicted molar refractivity (Wildman–Crippen MR) is 136 cm³/mol. The van der Waals surface area contributed by atoms with Crippen LogP contribution < -0.4 is 10.0 Å². The third kappa shape index (κ3) is 6.52. The van der Waals surface area contributed by atoms with Crippen molar-refractivity contribution < 1.29 is 22.5 Å². The molecule has 1 aliphatic heterocycles. The summed E-state index contributed by atoms with van der Waals surface area (Å²) in [5.74, 6) is -0.825. The van der Waals surface area contributed by atoms with E-state index in [0.29, 0.717) is 21.8 Å². The first-order valence-electron chi connectivity index (χ1n) is 11.3. The molecule has 4 heterocycles. The molecule has 3 aromatic heterocycles. The van der Waals surface area contributed by atoms with E-state index in [0.717, 1.165) is 37.1 Å². The number of aromatic nitrogens is 3. The number of carbonyl (C=O) groups is 2. The Bertz CT molecular complexity index is 1350. The van der Waals surface area contributed by atoms with Crippen LogP contribution in [0.25, 0.3) is 10.6 Å². The van der Waals surface area contributed by atoms with Gasteiger partial charge in [0.15, 0.2) is 11.5 Å². The number of hydrogen-bond acceptors (Lipinski definition) is 9. The van der Waals surface area contributed by atoms with Crippen LogP contribution in [-0.2, 0) is 16.6 Å². The minimum absolute atomic E-state index is 0.0219. The van der Waals surface area contributed by atoms with Gasteiger partial charge in [-0.15, -0.1) is 11.3 Å². The number of halogens is 1. The van der Waals surface area contributed by atoms with Crippen LogP contribution in [0.1, 0.15) is 53.4 Å². The monoisotopic (exact) mass is 554 g/mol. The van der Waals surface area contributed by atoms with Crippen molar-refractivity contribution in [2.75, 3.05) is 19.3 Å². The average Bonchev–Trinajstić information content (AvgIpc) is 3.53. The molecule has 11 nitrogen and oxygen atoms in total. The van der Waals surface area contributed by atoms with Gasteiger partial charge in [-0.2, -0.15) is 5.10 Å². The zero-order valence-electron chi connectivity index (χ0n) is 20.0. The van der Waals surface area contributed by atoms with E-state index in [9.17, 15) is 18.0 Å². The van der Waals surface area contributed by atoms with Crippen LogP contribution >= 0.6 is 22.9 Å². The fourth-order valence-electron chi connectivity index (χ4n) is 3.97. The lowest BCUT2D eigenvalue weighted by Crippen LogP contribution is -2.46. The molecule has 0 spiro atoms. The van der Waals surface area contributed by atoms with E-state index in [4.69, 9.17) is 16.1 Å². The highest BCUT2D eigenvalue weighted by Crippen LogP contribution is 2.31. The molecule has 0 saturated carbocycles. The minimum Gasteiger partial charge on any atom is -0.355 e. The molecule has 1 saturated heterocycles. The first-order valence-corrected chi connectivity index (χ1v) is 14.4. The number of nitrogens with zero attached hydrogens (tertiary/aromatic N) is 4. The molecular weight excluding hydrogens is 528 g/mol. The van der Waals surface area contributed by atoms with Crippen LogP contribution in [-0.4, -0.2) is 71.5 Å². The maximum absolute atomic E-state index is 13.2. The van der Waals surface area contributed by atoms with Gasteiger partial charge in [0, 0.05) is 37.3 Å². The van der Waals surface area contributed by atoms with Crippen LogP contribution in [0.15, 0.2) is 28.8 Å². The molecule has 1 fully saturated rings. The number of amides is 2. The van der Waals surface area contributed by atoms with Crippen molar-refractivity contribution in [1.29, 1.82) is 0 Å². The number of likely N-dealkylation sites (tertiary alicyclic amines) is 1. The van der Waals surface area contributed by atoms with E-state index in [1.807, 2.05) is 10.8 Å². The van der Waals surface area contributed by atoms with Gasteiger partial charge in [-0.3, -0.25) is 14.3 Å². The van der Waals surface area contributed by atoms with E-state index in [1.165, 1.54) is 22.1 Å². The second-order valence-corrected chi connectivity index (χ2v) is 12.4. The van der Waals surface area contributed by atoms with Gasteiger partial charge in [-0.05, 0) is 38.8 Å². The number of carbonyl (C=O) groups excluding carboxylic acids is 2. The molecule has 0 radical (unpaired) electrons. The molecule has 0 aromatic carbocycles. The van der Waals surface area contributed by atoms with Crippen molar-refractivity contribution in [3.05, 3.63) is 45.7 Å². The quantitative estimate of drug-likeness (QED) is 0.433. The lowest BCUT2D eigenvalue weighted by atomic mass is 10.0. The van der Waals surface area contributed by atoms with Crippen molar-refractivity contribution in [2.24, 2.45) is 0 Å². The Labute approximate surface area is 217 Å². The molecule has 0 unspecified atom stereocenters. The molecule has 2 amide bonds. The third-order valence-corrected chi connectivity index (χ3v) is 7.61. The van der Waals surface area contributed by atoms with Gasteiger partial charge in [0.05, 0.1) is 22.0 Å². The Hall–Kier alpha value is -2.74. The molecule has 0 aliphatic carbocycles. The summed E-state index contributed by atoms with van der Waals surface area (Å²) in [6.07, 6.45) is 2.47. The van der Waals surface area contributed by atoms with Gasteiger partial charge in [0.1, 0.15) is 11.4 Å². The molecule has 0 bridgehead atoms. The Balaban J connectivity index is 1.55. The molecule has 1 aliphatic rings. The van der Waals surface area contributed by atoms with Gasteiger partial charge in [0.2, 0.25) is 10.0 Å². The van der Waals surface area contributed by atoms with Crippen molar-refractivity contribution in [3.8, 4) is 10.6 Å². The van der Waals surface area contributed by atoms with E-state index in [1.54, 1.807) is 12.1 Å². The molecule has 36 heavy (non-hydrogen) atoms. The summed E-state index contributed by atoms with van der Waals surface area (Å²) in [5.41, 5.74) is 0.379. The van der Waals surface area contributed by atoms with E-state index in [2.05, 4.69) is 34.3 Å². The van der Waals surface area contributed by atoms with E-state index < -0.39 is 21.8 Å². The number of sulfonamides is 1. The zero-order chi connectivity index (χ0) is 26.0. The molecule has 0 atom stereocenters. The SMILES string of the molecule is CC(C)N1CCC(NC(=O)c2cc(C(=O)NS(C)(=O)=O)nn2Cc2cc(-c3ccc(Cl)s3)on2)CC1. The fourth-order valence-corrected chi connectivity index (χ4v) is 5.41. The maximum Gasteiger partial charge on any atom is 0.285 e. The molecule has 4 rings (SSSR count). The summed E-state index contributed by atoms with van der Waals surface area (Å²) >= 11 is 7.33. The number of hydrogen-bond donors (Lipinski definition) is 2. The summed E-state index contributed by atoms with van der Waals surface area (Å²) in [7, 11) is -3.81. The average molecular weight is 555 g/mol. The molecule has 2 N–H and O–H groups in total. The first-order chi connectivity index (χ1) is 17.0. The summed E-state index contributed by atoms with van der Waals surface area (Å²) in [6.45, 7) is 6.06. The highest BCUT2D eigenvalue weighted by molar-refractivity contribution is 7.89. The largest absolute Gasteiger partial charge is 0.355 e. The van der Waals surface area contributed by atoms with Crippen molar-refractivity contribution in [1.82, 2.24) is 29.9 Å². The molecular formula is C22H27ClN6O5S2. The number of rotatable bonds is 8. The van der Waals surface area contributed by atoms with E-state index in [-0.39, 0.29) is 24.0 Å². The Morgan fingerprint density at radius 2 is 1.94 bits per heavy atom. The highest BCUT2D eigenvalue weighted by atomic mass is 35.5. The fraction of sp³-hybridized carbons (Fsp3) is 0.455. The summed E-state index contributed by atoms with van der Waals surface area (Å²) < 4.78 is 32.3. The van der Waals surface area contributed by atoms with Gasteiger partial charge in [-0.25, -0.2) is 13.1 Å². The number of thiophene rings is 1. The van der Waals surface area contributed by atoms with Gasteiger partial charge >= 0.3 is 0 Å². The van der Waals surface area contributed by atoms with Crippen LogP contribution in [0.4, 0.5) is 0 Å². The van der Waals surface area contributed by atoms with E-state index >= 15 is 0 Å². The van der Waals surface area contributed by atoms with Crippen molar-refractivity contribution in [2.45, 2.75) is 45.3 Å². The number of nitrogens with one attached hydrogen (secondary N) is 2. The van der Waals surface area contributed by atoms with Crippen LogP contribution in [0.2, 0.25) is 4.34 Å².